The van der Waals surface area contributed by atoms with Crippen LogP contribution in [0.3, 0.4) is 0 Å². The predicted octanol–water partition coefficient (Wildman–Crippen LogP) is 4.36. The van der Waals surface area contributed by atoms with Gasteiger partial charge in [0.15, 0.2) is 0 Å². The van der Waals surface area contributed by atoms with Crippen molar-refractivity contribution in [1.82, 2.24) is 4.31 Å². The smallest absolute Gasteiger partial charge is 0.243 e. The highest BCUT2D eigenvalue weighted by Crippen LogP contribution is 2.28. The summed E-state index contributed by atoms with van der Waals surface area (Å²) in [5, 5.41) is 3.34. The molecule has 0 radical (unpaired) electrons. The van der Waals surface area contributed by atoms with Crippen LogP contribution in [0, 0.1) is 12.7 Å². The maximum Gasteiger partial charge on any atom is 0.243 e. The second-order valence-corrected chi connectivity index (χ2v) is 9.26. The van der Waals surface area contributed by atoms with Gasteiger partial charge in [0.2, 0.25) is 15.9 Å². The molecule has 0 saturated carbocycles. The van der Waals surface area contributed by atoms with E-state index in [1.165, 1.54) is 16.4 Å². The summed E-state index contributed by atoms with van der Waals surface area (Å²) in [6, 6.07) is 9.54. The molecule has 1 saturated heterocycles. The van der Waals surface area contributed by atoms with Crippen LogP contribution in [0.2, 0.25) is 5.02 Å². The zero-order valence-electron chi connectivity index (χ0n) is 15.5. The SMILES string of the molecule is Cc1ccc(Cl)cc1NC(=O)C[C@@H]1CCCCN1S(=O)(=O)c1ccc(F)cc1. The number of amides is 1. The Morgan fingerprint density at radius 3 is 2.64 bits per heavy atom. The summed E-state index contributed by atoms with van der Waals surface area (Å²) in [6.45, 7) is 2.20. The number of piperidine rings is 1. The van der Waals surface area contributed by atoms with Crippen molar-refractivity contribution in [2.45, 2.75) is 43.5 Å². The lowest BCUT2D eigenvalue weighted by molar-refractivity contribution is -0.117. The predicted molar refractivity (Wildman–Crippen MR) is 107 cm³/mol. The molecule has 2 aromatic rings. The minimum absolute atomic E-state index is 0.0342. The summed E-state index contributed by atoms with van der Waals surface area (Å²) in [5.41, 5.74) is 1.48. The van der Waals surface area contributed by atoms with E-state index in [9.17, 15) is 17.6 Å². The first-order valence-electron chi connectivity index (χ1n) is 9.11. The summed E-state index contributed by atoms with van der Waals surface area (Å²) < 4.78 is 40.5. The molecule has 1 atom stereocenters. The van der Waals surface area contributed by atoms with Crippen LogP contribution in [-0.4, -0.2) is 31.2 Å². The van der Waals surface area contributed by atoms with E-state index < -0.39 is 21.9 Å². The number of benzene rings is 2. The number of carbonyl (C=O) groups excluding carboxylic acids is 1. The van der Waals surface area contributed by atoms with Crippen LogP contribution in [0.5, 0.6) is 0 Å². The molecule has 0 aromatic heterocycles. The second kappa shape index (κ2) is 8.59. The standard InChI is InChI=1S/C20H22ClFN2O3S/c1-14-5-6-15(21)12-19(14)23-20(25)13-17-4-2-3-11-24(17)28(26,27)18-9-7-16(22)8-10-18/h5-10,12,17H,2-4,11,13H2,1H3,(H,23,25)/t17-/m0/s1. The highest BCUT2D eigenvalue weighted by atomic mass is 35.5. The number of nitrogens with zero attached hydrogens (tertiary/aromatic N) is 1. The third kappa shape index (κ3) is 4.71. The van der Waals surface area contributed by atoms with E-state index in [4.69, 9.17) is 11.6 Å². The summed E-state index contributed by atoms with van der Waals surface area (Å²) in [5.74, 6) is -0.762. The summed E-state index contributed by atoms with van der Waals surface area (Å²) in [7, 11) is -3.80. The summed E-state index contributed by atoms with van der Waals surface area (Å²) >= 11 is 5.99. The molecule has 0 aliphatic carbocycles. The molecule has 0 unspecified atom stereocenters. The van der Waals surface area contributed by atoms with Gasteiger partial charge < -0.3 is 5.32 Å². The molecule has 1 heterocycles. The van der Waals surface area contributed by atoms with Crippen LogP contribution in [0.15, 0.2) is 47.4 Å². The zero-order valence-corrected chi connectivity index (χ0v) is 17.1. The highest BCUT2D eigenvalue weighted by Gasteiger charge is 2.34. The molecule has 0 spiro atoms. The molecule has 3 rings (SSSR count). The fourth-order valence-corrected chi connectivity index (χ4v) is 5.25. The lowest BCUT2D eigenvalue weighted by atomic mass is 10.0. The number of rotatable bonds is 5. The number of carbonyl (C=O) groups is 1. The van der Waals surface area contributed by atoms with E-state index in [0.29, 0.717) is 23.7 Å². The average Bonchev–Trinajstić information content (AvgIpc) is 2.65. The molecule has 150 valence electrons. The fourth-order valence-electron chi connectivity index (χ4n) is 3.38. The van der Waals surface area contributed by atoms with E-state index in [2.05, 4.69) is 5.32 Å². The Hall–Kier alpha value is -1.96. The van der Waals surface area contributed by atoms with Gasteiger partial charge in [0, 0.05) is 29.7 Å². The van der Waals surface area contributed by atoms with Crippen molar-refractivity contribution in [1.29, 1.82) is 0 Å². The minimum Gasteiger partial charge on any atom is -0.326 e. The lowest BCUT2D eigenvalue weighted by Crippen LogP contribution is -2.45. The van der Waals surface area contributed by atoms with Crippen molar-refractivity contribution in [3.8, 4) is 0 Å². The van der Waals surface area contributed by atoms with Gasteiger partial charge in [-0.1, -0.05) is 24.1 Å². The number of nitrogens with one attached hydrogen (secondary N) is 1. The number of anilines is 1. The highest BCUT2D eigenvalue weighted by molar-refractivity contribution is 7.89. The molecule has 0 bridgehead atoms. The van der Waals surface area contributed by atoms with Gasteiger partial charge >= 0.3 is 0 Å². The molecule has 1 aliphatic rings. The number of sulfonamides is 1. The Morgan fingerprint density at radius 2 is 1.93 bits per heavy atom. The van der Waals surface area contributed by atoms with Gasteiger partial charge in [-0.25, -0.2) is 12.8 Å². The van der Waals surface area contributed by atoms with Gasteiger partial charge in [0.25, 0.3) is 0 Å². The largest absolute Gasteiger partial charge is 0.326 e. The maximum absolute atomic E-state index is 13.2. The lowest BCUT2D eigenvalue weighted by Gasteiger charge is -2.34. The zero-order chi connectivity index (χ0) is 20.3. The molecular formula is C20H22ClFN2O3S. The molecule has 1 N–H and O–H groups in total. The van der Waals surface area contributed by atoms with Crippen molar-refractivity contribution in [2.24, 2.45) is 0 Å². The molecule has 5 nitrogen and oxygen atoms in total. The first kappa shape index (κ1) is 20.8. The first-order valence-corrected chi connectivity index (χ1v) is 10.9. The summed E-state index contributed by atoms with van der Waals surface area (Å²) in [6.07, 6.45) is 2.23. The Labute approximate surface area is 169 Å². The molecule has 1 amide bonds. The maximum atomic E-state index is 13.2. The van der Waals surface area contributed by atoms with Crippen LogP contribution in [0.4, 0.5) is 10.1 Å². The molecule has 1 fully saturated rings. The van der Waals surface area contributed by atoms with E-state index in [-0.39, 0.29) is 17.2 Å². The molecule has 1 aliphatic heterocycles. The number of halogens is 2. The van der Waals surface area contributed by atoms with Gasteiger partial charge in [-0.05, 0) is 61.7 Å². The van der Waals surface area contributed by atoms with E-state index in [0.717, 1.165) is 30.5 Å². The number of aryl methyl sites for hydroxylation is 1. The Morgan fingerprint density at radius 1 is 1.21 bits per heavy atom. The van der Waals surface area contributed by atoms with Crippen LogP contribution < -0.4 is 5.32 Å². The molecule has 2 aromatic carbocycles. The Bertz CT molecular complexity index is 964. The van der Waals surface area contributed by atoms with Crippen LogP contribution >= 0.6 is 11.6 Å². The van der Waals surface area contributed by atoms with Crippen molar-refractivity contribution in [3.63, 3.8) is 0 Å². The van der Waals surface area contributed by atoms with Crippen molar-refractivity contribution in [2.75, 3.05) is 11.9 Å². The second-order valence-electron chi connectivity index (χ2n) is 6.93. The van der Waals surface area contributed by atoms with Gasteiger partial charge in [0.05, 0.1) is 4.90 Å². The fraction of sp³-hybridized carbons (Fsp3) is 0.350. The van der Waals surface area contributed by atoms with Crippen molar-refractivity contribution in [3.05, 3.63) is 58.9 Å². The number of hydrogen-bond acceptors (Lipinski definition) is 3. The van der Waals surface area contributed by atoms with E-state index >= 15 is 0 Å². The van der Waals surface area contributed by atoms with E-state index in [1.54, 1.807) is 12.1 Å². The van der Waals surface area contributed by atoms with Crippen molar-refractivity contribution < 1.29 is 17.6 Å². The molecular weight excluding hydrogens is 403 g/mol. The minimum atomic E-state index is -3.80. The molecule has 28 heavy (non-hydrogen) atoms. The van der Waals surface area contributed by atoms with Gasteiger partial charge in [-0.3, -0.25) is 4.79 Å². The summed E-state index contributed by atoms with van der Waals surface area (Å²) in [4.78, 5) is 12.6. The topological polar surface area (TPSA) is 66.5 Å². The quantitative estimate of drug-likeness (QED) is 0.775. The number of hydrogen-bond donors (Lipinski definition) is 1. The third-order valence-corrected chi connectivity index (χ3v) is 7.09. The molecule has 8 heteroatoms. The van der Waals surface area contributed by atoms with Gasteiger partial charge in [-0.15, -0.1) is 0 Å². The Kier molecular flexibility index (Phi) is 6.37. The van der Waals surface area contributed by atoms with Crippen molar-refractivity contribution >= 4 is 33.2 Å². The van der Waals surface area contributed by atoms with Crippen LogP contribution in [-0.2, 0) is 14.8 Å². The van der Waals surface area contributed by atoms with Crippen LogP contribution in [0.1, 0.15) is 31.2 Å². The average molecular weight is 425 g/mol. The monoisotopic (exact) mass is 424 g/mol. The Balaban J connectivity index is 1.76. The van der Waals surface area contributed by atoms with Crippen LogP contribution in [0.25, 0.3) is 0 Å². The normalized spacial score (nSPS) is 18.0. The third-order valence-electron chi connectivity index (χ3n) is 4.89. The first-order chi connectivity index (χ1) is 13.3. The van der Waals surface area contributed by atoms with Gasteiger partial charge in [0.1, 0.15) is 5.82 Å². The van der Waals surface area contributed by atoms with Gasteiger partial charge in [-0.2, -0.15) is 4.31 Å². The van der Waals surface area contributed by atoms with E-state index in [1.807, 2.05) is 13.0 Å².